The summed E-state index contributed by atoms with van der Waals surface area (Å²) in [6.07, 6.45) is 0.138. The minimum absolute atomic E-state index is 0.110. The van der Waals surface area contributed by atoms with Gasteiger partial charge in [-0.1, -0.05) is 54.2 Å². The number of nitrogens with one attached hydrogen (secondary N) is 1. The van der Waals surface area contributed by atoms with E-state index in [-0.39, 0.29) is 30.1 Å². The molecule has 0 saturated heterocycles. The van der Waals surface area contributed by atoms with Gasteiger partial charge in [-0.2, -0.15) is 0 Å². The minimum Gasteiger partial charge on any atom is -0.352 e. The van der Waals surface area contributed by atoms with E-state index >= 15 is 0 Å². The van der Waals surface area contributed by atoms with E-state index in [2.05, 4.69) is 10.3 Å². The fraction of sp³-hybridized carbons (Fsp3) is 0.240. The largest absolute Gasteiger partial charge is 0.352 e. The number of amides is 2. The second-order valence-corrected chi connectivity index (χ2v) is 8.92. The Bertz CT molecular complexity index is 1160. The molecule has 0 fully saturated rings. The Balaban J connectivity index is 1.58. The number of hydrogen-bond acceptors (Lipinski definition) is 5. The molecule has 6 nitrogen and oxygen atoms in total. The summed E-state index contributed by atoms with van der Waals surface area (Å²) < 4.78 is 13.1. The molecule has 2 aliphatic heterocycles. The maximum absolute atomic E-state index is 13.1. The molecule has 0 aromatic heterocycles. The van der Waals surface area contributed by atoms with Crippen molar-refractivity contribution in [3.8, 4) is 0 Å². The number of aliphatic imine (C=N–C) groups is 1. The maximum atomic E-state index is 13.1. The molecule has 1 atom stereocenters. The van der Waals surface area contributed by atoms with Gasteiger partial charge in [0.05, 0.1) is 23.7 Å². The van der Waals surface area contributed by atoms with Gasteiger partial charge < -0.3 is 15.1 Å². The molecule has 0 saturated carbocycles. The van der Waals surface area contributed by atoms with Crippen LogP contribution in [-0.2, 0) is 16.1 Å². The molecule has 1 N–H and O–H groups in total. The van der Waals surface area contributed by atoms with Crippen molar-refractivity contribution in [2.75, 3.05) is 14.1 Å². The number of thioether (sulfide) groups is 1. The molecule has 2 amide bonds. The number of allylic oxidation sites excluding steroid dienone is 1. The number of nitrogens with zero attached hydrogens (tertiary/aromatic N) is 3. The Kier molecular flexibility index (Phi) is 6.65. The van der Waals surface area contributed by atoms with Gasteiger partial charge in [0.15, 0.2) is 5.17 Å². The molecule has 0 bridgehead atoms. The van der Waals surface area contributed by atoms with E-state index in [9.17, 15) is 14.0 Å². The SMILES string of the molecule is CC1=C(C(=O)N(C)C)C(c2ccccc2)N2C(CC(=O)NCc3ccc(F)cc3)=CSC2=N1. The summed E-state index contributed by atoms with van der Waals surface area (Å²) in [7, 11) is 3.45. The van der Waals surface area contributed by atoms with Crippen LogP contribution in [0.1, 0.15) is 30.5 Å². The molecule has 2 aromatic carbocycles. The summed E-state index contributed by atoms with van der Waals surface area (Å²) >= 11 is 1.45. The van der Waals surface area contributed by atoms with Crippen LogP contribution < -0.4 is 5.32 Å². The lowest BCUT2D eigenvalue weighted by atomic mass is 9.93. The predicted octanol–water partition coefficient (Wildman–Crippen LogP) is 4.20. The fourth-order valence-electron chi connectivity index (χ4n) is 3.86. The minimum atomic E-state index is -0.375. The number of carbonyl (C=O) groups is 2. The van der Waals surface area contributed by atoms with Gasteiger partial charge >= 0.3 is 0 Å². The molecule has 0 radical (unpaired) electrons. The van der Waals surface area contributed by atoms with Crippen molar-refractivity contribution in [1.82, 2.24) is 15.1 Å². The van der Waals surface area contributed by atoms with Crippen molar-refractivity contribution >= 4 is 28.7 Å². The van der Waals surface area contributed by atoms with Crippen LogP contribution in [0.4, 0.5) is 4.39 Å². The zero-order valence-corrected chi connectivity index (χ0v) is 19.5. The van der Waals surface area contributed by atoms with E-state index in [1.54, 1.807) is 31.1 Å². The van der Waals surface area contributed by atoms with Crippen LogP contribution in [-0.4, -0.2) is 40.9 Å². The molecule has 0 spiro atoms. The first kappa shape index (κ1) is 22.8. The van der Waals surface area contributed by atoms with Crippen LogP contribution in [0.15, 0.2) is 82.0 Å². The second kappa shape index (κ2) is 9.62. The number of halogens is 1. The highest BCUT2D eigenvalue weighted by atomic mass is 32.2. The number of benzene rings is 2. The third-order valence-corrected chi connectivity index (χ3v) is 6.39. The van der Waals surface area contributed by atoms with E-state index in [1.807, 2.05) is 47.6 Å². The van der Waals surface area contributed by atoms with E-state index in [1.165, 1.54) is 23.9 Å². The standard InChI is InChI=1S/C25H25FN4O2S/c1-16-22(24(32)29(2)3)23(18-7-5-4-6-8-18)30-20(15-33-25(30)28-16)13-21(31)27-14-17-9-11-19(26)12-10-17/h4-12,15,23H,13-14H2,1-3H3,(H,27,31). The summed E-state index contributed by atoms with van der Waals surface area (Å²) in [4.78, 5) is 34.1. The number of rotatable bonds is 6. The topological polar surface area (TPSA) is 65.0 Å². The van der Waals surface area contributed by atoms with E-state index in [0.29, 0.717) is 17.8 Å². The molecule has 8 heteroatoms. The Hall–Kier alpha value is -3.39. The molecule has 2 aromatic rings. The van der Waals surface area contributed by atoms with Crippen molar-refractivity contribution in [2.24, 2.45) is 4.99 Å². The Labute approximate surface area is 196 Å². The summed E-state index contributed by atoms with van der Waals surface area (Å²) in [5.41, 5.74) is 3.82. The third kappa shape index (κ3) is 4.85. The highest BCUT2D eigenvalue weighted by Crippen LogP contribution is 2.44. The van der Waals surface area contributed by atoms with Gasteiger partial charge in [-0.3, -0.25) is 9.59 Å². The van der Waals surface area contributed by atoms with Gasteiger partial charge in [0.2, 0.25) is 5.91 Å². The van der Waals surface area contributed by atoms with Crippen LogP contribution in [0.3, 0.4) is 0 Å². The molecule has 170 valence electrons. The normalized spacial score (nSPS) is 17.3. The van der Waals surface area contributed by atoms with Gasteiger partial charge in [-0.05, 0) is 35.6 Å². The first-order valence-corrected chi connectivity index (χ1v) is 11.4. The molecule has 1 unspecified atom stereocenters. The Morgan fingerprint density at radius 2 is 1.82 bits per heavy atom. The Morgan fingerprint density at radius 3 is 2.48 bits per heavy atom. The molecular formula is C25H25FN4O2S. The molecule has 33 heavy (non-hydrogen) atoms. The molecule has 2 heterocycles. The zero-order chi connectivity index (χ0) is 23.5. The van der Waals surface area contributed by atoms with E-state index in [0.717, 1.165) is 22.0 Å². The van der Waals surface area contributed by atoms with Crippen molar-refractivity contribution in [2.45, 2.75) is 25.9 Å². The predicted molar refractivity (Wildman–Crippen MR) is 128 cm³/mol. The maximum Gasteiger partial charge on any atom is 0.253 e. The van der Waals surface area contributed by atoms with E-state index in [4.69, 9.17) is 0 Å². The molecule has 4 rings (SSSR count). The quantitative estimate of drug-likeness (QED) is 0.696. The average Bonchev–Trinajstić information content (AvgIpc) is 3.19. The van der Waals surface area contributed by atoms with Gasteiger partial charge in [0.25, 0.3) is 5.91 Å². The van der Waals surface area contributed by atoms with Crippen molar-refractivity contribution < 1.29 is 14.0 Å². The fourth-order valence-corrected chi connectivity index (χ4v) is 4.83. The number of hydrogen-bond donors (Lipinski definition) is 1. The van der Waals surface area contributed by atoms with E-state index < -0.39 is 0 Å². The number of likely N-dealkylation sites (N-methyl/N-ethyl adjacent to an activating group) is 1. The van der Waals surface area contributed by atoms with Crippen molar-refractivity contribution in [3.05, 3.63) is 93.9 Å². The van der Waals surface area contributed by atoms with Crippen LogP contribution in [0.5, 0.6) is 0 Å². The summed E-state index contributed by atoms with van der Waals surface area (Å²) in [5.74, 6) is -0.583. The molecule has 2 aliphatic rings. The van der Waals surface area contributed by atoms with Crippen molar-refractivity contribution in [3.63, 3.8) is 0 Å². The van der Waals surface area contributed by atoms with Gasteiger partial charge in [-0.25, -0.2) is 9.38 Å². The zero-order valence-electron chi connectivity index (χ0n) is 18.7. The smallest absolute Gasteiger partial charge is 0.253 e. The molecule has 0 aliphatic carbocycles. The van der Waals surface area contributed by atoms with Crippen LogP contribution in [0, 0.1) is 5.82 Å². The second-order valence-electron chi connectivity index (χ2n) is 8.08. The number of fused-ring (bicyclic) bond motifs is 1. The summed E-state index contributed by atoms with van der Waals surface area (Å²) in [6.45, 7) is 2.16. The van der Waals surface area contributed by atoms with Gasteiger partial charge in [0, 0.05) is 26.3 Å². The van der Waals surface area contributed by atoms with Crippen LogP contribution in [0.25, 0.3) is 0 Å². The van der Waals surface area contributed by atoms with Crippen LogP contribution in [0.2, 0.25) is 0 Å². The highest BCUT2D eigenvalue weighted by Gasteiger charge is 2.40. The monoisotopic (exact) mass is 464 g/mol. The average molecular weight is 465 g/mol. The Morgan fingerprint density at radius 1 is 1.12 bits per heavy atom. The van der Waals surface area contributed by atoms with Crippen molar-refractivity contribution in [1.29, 1.82) is 0 Å². The highest BCUT2D eigenvalue weighted by molar-refractivity contribution is 8.16. The van der Waals surface area contributed by atoms with Gasteiger partial charge in [-0.15, -0.1) is 0 Å². The first-order valence-electron chi connectivity index (χ1n) is 10.6. The lowest BCUT2D eigenvalue weighted by Crippen LogP contribution is -2.40. The summed E-state index contributed by atoms with van der Waals surface area (Å²) in [5, 5.41) is 5.56. The lowest BCUT2D eigenvalue weighted by Gasteiger charge is -2.37. The number of carbonyl (C=O) groups excluding carboxylic acids is 2. The van der Waals surface area contributed by atoms with Crippen LogP contribution >= 0.6 is 11.8 Å². The summed E-state index contributed by atoms with van der Waals surface area (Å²) in [6, 6.07) is 15.4. The number of amidine groups is 1. The first-order chi connectivity index (χ1) is 15.8. The third-order valence-electron chi connectivity index (χ3n) is 5.50. The lowest BCUT2D eigenvalue weighted by molar-refractivity contribution is -0.125. The molecular weight excluding hydrogens is 439 g/mol. The van der Waals surface area contributed by atoms with Gasteiger partial charge in [0.1, 0.15) is 5.82 Å².